The van der Waals surface area contributed by atoms with E-state index in [1.165, 1.54) is 0 Å². The molecule has 1 atom stereocenters. The van der Waals surface area contributed by atoms with Crippen molar-refractivity contribution in [2.75, 3.05) is 32.8 Å². The van der Waals surface area contributed by atoms with Gasteiger partial charge in [-0.15, -0.1) is 0 Å². The number of carbonyl (C=O) groups is 1. The van der Waals surface area contributed by atoms with Gasteiger partial charge >= 0.3 is 12.1 Å². The lowest BCUT2D eigenvalue weighted by Crippen LogP contribution is -2.40. The number of amides is 1. The molecule has 1 fully saturated rings. The molecular weight excluding hydrogens is 249 g/mol. The summed E-state index contributed by atoms with van der Waals surface area (Å²) in [5, 5.41) is 10.9. The van der Waals surface area contributed by atoms with Gasteiger partial charge in [0.2, 0.25) is 0 Å². The number of aliphatic hydroxyl groups excluding tert-OH is 1. The predicted octanol–water partition coefficient (Wildman–Crippen LogP) is 0.759. The van der Waals surface area contributed by atoms with Crippen LogP contribution in [0.2, 0.25) is 0 Å². The minimum absolute atomic E-state index is 0.0264. The second-order valence-electron chi connectivity index (χ2n) is 4.60. The minimum Gasteiger partial charge on any atom is -0.396 e. The third kappa shape index (κ3) is 5.22. The summed E-state index contributed by atoms with van der Waals surface area (Å²) in [6, 6.07) is 0. The van der Waals surface area contributed by atoms with E-state index in [1.54, 1.807) is 0 Å². The molecule has 7 heteroatoms. The molecule has 1 heterocycles. The van der Waals surface area contributed by atoms with Crippen LogP contribution < -0.4 is 5.32 Å². The lowest BCUT2D eigenvalue weighted by atomic mass is 9.99. The van der Waals surface area contributed by atoms with Crippen molar-refractivity contribution in [1.29, 1.82) is 0 Å². The van der Waals surface area contributed by atoms with E-state index in [0.29, 0.717) is 13.0 Å². The lowest BCUT2D eigenvalue weighted by molar-refractivity contribution is -0.173. The minimum atomic E-state index is -4.80. The van der Waals surface area contributed by atoms with Crippen molar-refractivity contribution in [2.24, 2.45) is 5.92 Å². The zero-order valence-electron chi connectivity index (χ0n) is 10.2. The Hall–Kier alpha value is -0.820. The van der Waals surface area contributed by atoms with Crippen LogP contribution in [-0.4, -0.2) is 54.9 Å². The Morgan fingerprint density at radius 2 is 2.17 bits per heavy atom. The summed E-state index contributed by atoms with van der Waals surface area (Å²) in [5.74, 6) is -1.61. The zero-order valence-corrected chi connectivity index (χ0v) is 10.2. The van der Waals surface area contributed by atoms with Gasteiger partial charge in [0.05, 0.1) is 0 Å². The first kappa shape index (κ1) is 15.2. The molecule has 4 nitrogen and oxygen atoms in total. The highest BCUT2D eigenvalue weighted by atomic mass is 19.4. The fourth-order valence-electron chi connectivity index (χ4n) is 2.11. The zero-order chi connectivity index (χ0) is 13.6. The summed E-state index contributed by atoms with van der Waals surface area (Å²) >= 11 is 0. The van der Waals surface area contributed by atoms with E-state index < -0.39 is 12.1 Å². The third-order valence-electron chi connectivity index (χ3n) is 3.06. The van der Waals surface area contributed by atoms with Gasteiger partial charge in [0.15, 0.2) is 0 Å². The molecule has 0 aromatic carbocycles. The van der Waals surface area contributed by atoms with Gasteiger partial charge in [-0.05, 0) is 38.3 Å². The molecule has 0 radical (unpaired) electrons. The molecule has 1 aliphatic rings. The molecule has 0 bridgehead atoms. The number of hydrogen-bond acceptors (Lipinski definition) is 3. The molecule has 1 amide bonds. The Labute approximate surface area is 104 Å². The molecule has 1 rings (SSSR count). The first-order valence-corrected chi connectivity index (χ1v) is 6.11. The van der Waals surface area contributed by atoms with E-state index in [4.69, 9.17) is 5.11 Å². The smallest absolute Gasteiger partial charge is 0.396 e. The van der Waals surface area contributed by atoms with E-state index in [2.05, 4.69) is 4.90 Å². The van der Waals surface area contributed by atoms with Crippen molar-refractivity contribution in [3.8, 4) is 0 Å². The molecule has 1 saturated heterocycles. The van der Waals surface area contributed by atoms with Crippen LogP contribution in [0, 0.1) is 5.92 Å². The number of nitrogens with zero attached hydrogens (tertiary/aromatic N) is 1. The first-order valence-electron chi connectivity index (χ1n) is 6.11. The van der Waals surface area contributed by atoms with Crippen molar-refractivity contribution in [3.05, 3.63) is 0 Å². The van der Waals surface area contributed by atoms with Gasteiger partial charge in [-0.1, -0.05) is 0 Å². The number of rotatable bonds is 5. The Bertz CT molecular complexity index is 272. The maximum atomic E-state index is 11.9. The van der Waals surface area contributed by atoms with Crippen LogP contribution in [-0.2, 0) is 4.79 Å². The van der Waals surface area contributed by atoms with Gasteiger partial charge in [-0.2, -0.15) is 13.2 Å². The van der Waals surface area contributed by atoms with Gasteiger partial charge in [0, 0.05) is 19.7 Å². The quantitative estimate of drug-likeness (QED) is 0.724. The molecule has 0 saturated carbocycles. The molecule has 1 unspecified atom stereocenters. The highest BCUT2D eigenvalue weighted by Crippen LogP contribution is 2.16. The summed E-state index contributed by atoms with van der Waals surface area (Å²) in [6.07, 6.45) is -2.31. The Morgan fingerprint density at radius 3 is 2.78 bits per heavy atom. The highest BCUT2D eigenvalue weighted by Gasteiger charge is 2.38. The van der Waals surface area contributed by atoms with E-state index in [0.717, 1.165) is 25.9 Å². The monoisotopic (exact) mass is 268 g/mol. The Morgan fingerprint density at radius 1 is 1.44 bits per heavy atom. The number of carbonyl (C=O) groups excluding carboxylic acids is 1. The largest absolute Gasteiger partial charge is 0.471 e. The number of aliphatic hydroxyl groups is 1. The Kier molecular flexibility index (Phi) is 5.87. The van der Waals surface area contributed by atoms with Crippen molar-refractivity contribution < 1.29 is 23.1 Å². The number of halogens is 3. The van der Waals surface area contributed by atoms with Gasteiger partial charge in [0.1, 0.15) is 0 Å². The van der Waals surface area contributed by atoms with E-state index in [1.807, 2.05) is 5.32 Å². The van der Waals surface area contributed by atoms with Gasteiger partial charge in [-0.3, -0.25) is 4.79 Å². The maximum Gasteiger partial charge on any atom is 0.471 e. The highest BCUT2D eigenvalue weighted by molar-refractivity contribution is 5.81. The summed E-state index contributed by atoms with van der Waals surface area (Å²) in [4.78, 5) is 12.6. The average Bonchev–Trinajstić information content (AvgIpc) is 2.33. The molecule has 2 N–H and O–H groups in total. The van der Waals surface area contributed by atoms with Crippen molar-refractivity contribution in [1.82, 2.24) is 10.2 Å². The number of nitrogens with one attached hydrogen (secondary N) is 1. The maximum absolute atomic E-state index is 11.9. The SMILES string of the molecule is O=C(NCCCN1CCCC(CO)C1)C(F)(F)F. The summed E-state index contributed by atoms with van der Waals surface area (Å²) < 4.78 is 35.6. The van der Waals surface area contributed by atoms with Crippen LogP contribution in [0.4, 0.5) is 13.2 Å². The summed E-state index contributed by atoms with van der Waals surface area (Å²) in [5.41, 5.74) is 0. The fourth-order valence-corrected chi connectivity index (χ4v) is 2.11. The van der Waals surface area contributed by atoms with Crippen LogP contribution in [0.3, 0.4) is 0 Å². The number of likely N-dealkylation sites (tertiary alicyclic amines) is 1. The van der Waals surface area contributed by atoms with Gasteiger partial charge in [-0.25, -0.2) is 0 Å². The van der Waals surface area contributed by atoms with Crippen LogP contribution in [0.1, 0.15) is 19.3 Å². The first-order chi connectivity index (χ1) is 8.43. The van der Waals surface area contributed by atoms with Crippen molar-refractivity contribution in [2.45, 2.75) is 25.4 Å². The normalized spacial score (nSPS) is 21.9. The molecule has 0 spiro atoms. The van der Waals surface area contributed by atoms with E-state index >= 15 is 0 Å². The fraction of sp³-hybridized carbons (Fsp3) is 0.909. The van der Waals surface area contributed by atoms with Gasteiger partial charge < -0.3 is 15.3 Å². The molecule has 18 heavy (non-hydrogen) atoms. The standard InChI is InChI=1S/C11H19F3N2O2/c12-11(13,14)10(18)15-4-2-6-16-5-1-3-9(7-16)8-17/h9,17H,1-8H2,(H,15,18). The molecular formula is C11H19F3N2O2. The van der Waals surface area contributed by atoms with Gasteiger partial charge in [0.25, 0.3) is 0 Å². The predicted molar refractivity (Wildman–Crippen MR) is 59.9 cm³/mol. The third-order valence-corrected chi connectivity index (χ3v) is 3.06. The summed E-state index contributed by atoms with van der Waals surface area (Å²) in [7, 11) is 0. The molecule has 0 aromatic rings. The number of piperidine rings is 1. The lowest BCUT2D eigenvalue weighted by Gasteiger charge is -2.31. The van der Waals surface area contributed by atoms with E-state index in [9.17, 15) is 18.0 Å². The molecule has 1 aliphatic heterocycles. The van der Waals surface area contributed by atoms with Crippen LogP contribution in [0.5, 0.6) is 0 Å². The van der Waals surface area contributed by atoms with Crippen molar-refractivity contribution >= 4 is 5.91 Å². The molecule has 106 valence electrons. The second kappa shape index (κ2) is 6.94. The summed E-state index contributed by atoms with van der Waals surface area (Å²) in [6.45, 7) is 2.52. The Balaban J connectivity index is 2.13. The number of alkyl halides is 3. The van der Waals surface area contributed by atoms with Crippen LogP contribution in [0.15, 0.2) is 0 Å². The molecule has 0 aromatic heterocycles. The average molecular weight is 268 g/mol. The molecule has 0 aliphatic carbocycles. The van der Waals surface area contributed by atoms with Crippen LogP contribution in [0.25, 0.3) is 0 Å². The van der Waals surface area contributed by atoms with Crippen molar-refractivity contribution in [3.63, 3.8) is 0 Å². The number of hydrogen-bond donors (Lipinski definition) is 2. The topological polar surface area (TPSA) is 52.6 Å². The second-order valence-corrected chi connectivity index (χ2v) is 4.60. The van der Waals surface area contributed by atoms with Crippen LogP contribution >= 0.6 is 0 Å². The van der Waals surface area contributed by atoms with E-state index in [-0.39, 0.29) is 19.1 Å².